The van der Waals surface area contributed by atoms with Crippen LogP contribution in [0.2, 0.25) is 0 Å². The van der Waals surface area contributed by atoms with Crippen LogP contribution in [0.25, 0.3) is 5.57 Å². The van der Waals surface area contributed by atoms with Crippen LogP contribution in [0.5, 0.6) is 0 Å². The average molecular weight is 172 g/mol. The quantitative estimate of drug-likeness (QED) is 0.704. The van der Waals surface area contributed by atoms with Crippen molar-refractivity contribution in [1.82, 2.24) is 4.98 Å². The Morgan fingerprint density at radius 1 is 1.38 bits per heavy atom. The fourth-order valence-corrected chi connectivity index (χ4v) is 1.46. The second-order valence-electron chi connectivity index (χ2n) is 3.16. The predicted octanol–water partition coefficient (Wildman–Crippen LogP) is 2.10. The minimum atomic E-state index is 0.960. The Kier molecular flexibility index (Phi) is 2.13. The summed E-state index contributed by atoms with van der Waals surface area (Å²) in [5, 5.41) is 0. The van der Waals surface area contributed by atoms with E-state index in [0.29, 0.717) is 0 Å². The molecule has 0 amide bonds. The molecule has 0 aromatic carbocycles. The number of allylic oxidation sites excluding steroid dienone is 4. The third-order valence-corrected chi connectivity index (χ3v) is 2.13. The molecule has 1 aromatic heterocycles. The van der Waals surface area contributed by atoms with Crippen LogP contribution >= 0.6 is 0 Å². The highest BCUT2D eigenvalue weighted by atomic mass is 14.6. The summed E-state index contributed by atoms with van der Waals surface area (Å²) < 4.78 is 0. The summed E-state index contributed by atoms with van der Waals surface area (Å²) in [6, 6.07) is 3.99. The minimum Gasteiger partial charge on any atom is -0.402 e. The van der Waals surface area contributed by atoms with Gasteiger partial charge in [0.25, 0.3) is 0 Å². The molecule has 0 atom stereocenters. The van der Waals surface area contributed by atoms with Crippen molar-refractivity contribution in [2.24, 2.45) is 5.73 Å². The van der Waals surface area contributed by atoms with Gasteiger partial charge in [-0.05, 0) is 36.1 Å². The summed E-state index contributed by atoms with van der Waals surface area (Å²) in [7, 11) is 0. The average Bonchev–Trinajstić information content (AvgIpc) is 2.19. The van der Waals surface area contributed by atoms with E-state index in [1.54, 1.807) is 6.20 Å². The lowest BCUT2D eigenvalue weighted by Crippen LogP contribution is -2.01. The molecule has 0 radical (unpaired) electrons. The number of hydrogen-bond acceptors (Lipinski definition) is 2. The van der Waals surface area contributed by atoms with Gasteiger partial charge < -0.3 is 5.73 Å². The molecule has 1 aromatic rings. The third kappa shape index (κ3) is 1.78. The molecule has 0 spiro atoms. The summed E-state index contributed by atoms with van der Waals surface area (Å²) >= 11 is 0. The Hall–Kier alpha value is -1.57. The van der Waals surface area contributed by atoms with Gasteiger partial charge >= 0.3 is 0 Å². The zero-order valence-electron chi connectivity index (χ0n) is 7.40. The van der Waals surface area contributed by atoms with Crippen LogP contribution in [0, 0.1) is 0 Å². The van der Waals surface area contributed by atoms with Gasteiger partial charge in [-0.3, -0.25) is 4.98 Å². The minimum absolute atomic E-state index is 0.960. The lowest BCUT2D eigenvalue weighted by Gasteiger charge is -2.09. The van der Waals surface area contributed by atoms with Gasteiger partial charge in [-0.2, -0.15) is 0 Å². The van der Waals surface area contributed by atoms with Crippen molar-refractivity contribution in [2.75, 3.05) is 0 Å². The van der Waals surface area contributed by atoms with E-state index < -0.39 is 0 Å². The Morgan fingerprint density at radius 2 is 2.31 bits per heavy atom. The second-order valence-corrected chi connectivity index (χ2v) is 3.16. The molecule has 1 heterocycles. The monoisotopic (exact) mass is 172 g/mol. The van der Waals surface area contributed by atoms with Crippen LogP contribution in [-0.2, 0) is 0 Å². The molecule has 0 bridgehead atoms. The number of aromatic nitrogens is 1. The van der Waals surface area contributed by atoms with Crippen LogP contribution in [0.3, 0.4) is 0 Å². The van der Waals surface area contributed by atoms with Gasteiger partial charge in [0, 0.05) is 18.1 Å². The molecule has 66 valence electrons. The van der Waals surface area contributed by atoms with Gasteiger partial charge in [0.05, 0.1) is 0 Å². The van der Waals surface area contributed by atoms with Crippen molar-refractivity contribution in [3.63, 3.8) is 0 Å². The normalized spacial score (nSPS) is 16.3. The molecule has 1 aliphatic carbocycles. The fourth-order valence-electron chi connectivity index (χ4n) is 1.46. The highest BCUT2D eigenvalue weighted by Crippen LogP contribution is 2.22. The summed E-state index contributed by atoms with van der Waals surface area (Å²) in [4.78, 5) is 4.07. The molecular formula is C11H12N2. The first kappa shape index (κ1) is 8.05. The first-order valence-electron chi connectivity index (χ1n) is 4.43. The SMILES string of the molecule is NC1=CC(c2cccnc2)=CCC1. The first-order valence-corrected chi connectivity index (χ1v) is 4.43. The van der Waals surface area contributed by atoms with Gasteiger partial charge in [-0.15, -0.1) is 0 Å². The summed E-state index contributed by atoms with van der Waals surface area (Å²) in [6.45, 7) is 0. The highest BCUT2D eigenvalue weighted by Gasteiger charge is 2.03. The van der Waals surface area contributed by atoms with Crippen molar-refractivity contribution in [3.05, 3.63) is 47.9 Å². The molecule has 0 fully saturated rings. The molecule has 2 N–H and O–H groups in total. The van der Waals surface area contributed by atoms with E-state index >= 15 is 0 Å². The lowest BCUT2D eigenvalue weighted by molar-refractivity contribution is 0.948. The van der Waals surface area contributed by atoms with Crippen molar-refractivity contribution in [2.45, 2.75) is 12.8 Å². The Bertz CT molecular complexity index is 350. The molecular weight excluding hydrogens is 160 g/mol. The lowest BCUT2D eigenvalue weighted by atomic mass is 9.99. The smallest absolute Gasteiger partial charge is 0.0346 e. The van der Waals surface area contributed by atoms with Crippen LogP contribution in [0.1, 0.15) is 18.4 Å². The molecule has 0 saturated carbocycles. The van der Waals surface area contributed by atoms with Crippen molar-refractivity contribution < 1.29 is 0 Å². The van der Waals surface area contributed by atoms with E-state index in [-0.39, 0.29) is 0 Å². The Morgan fingerprint density at radius 3 is 3.00 bits per heavy atom. The van der Waals surface area contributed by atoms with Gasteiger partial charge in [0.1, 0.15) is 0 Å². The number of pyridine rings is 1. The standard InChI is InChI=1S/C11H12N2/c12-11-5-1-3-9(7-11)10-4-2-6-13-8-10/h2-4,6-8H,1,5,12H2. The van der Waals surface area contributed by atoms with E-state index in [1.165, 1.54) is 5.57 Å². The molecule has 13 heavy (non-hydrogen) atoms. The van der Waals surface area contributed by atoms with E-state index in [4.69, 9.17) is 5.73 Å². The van der Waals surface area contributed by atoms with E-state index in [1.807, 2.05) is 24.4 Å². The maximum Gasteiger partial charge on any atom is 0.0346 e. The maximum absolute atomic E-state index is 5.76. The molecule has 0 aliphatic heterocycles. The van der Waals surface area contributed by atoms with Crippen LogP contribution < -0.4 is 5.73 Å². The summed E-state index contributed by atoms with van der Waals surface area (Å²) in [5.74, 6) is 0. The molecule has 2 heteroatoms. The number of nitrogens with zero attached hydrogens (tertiary/aromatic N) is 1. The summed E-state index contributed by atoms with van der Waals surface area (Å²) in [5.41, 5.74) is 9.06. The zero-order chi connectivity index (χ0) is 9.10. The van der Waals surface area contributed by atoms with Crippen LogP contribution in [0.4, 0.5) is 0 Å². The molecule has 2 nitrogen and oxygen atoms in total. The second kappa shape index (κ2) is 3.44. The van der Waals surface area contributed by atoms with Gasteiger partial charge in [0.2, 0.25) is 0 Å². The molecule has 2 rings (SSSR count). The van der Waals surface area contributed by atoms with Crippen molar-refractivity contribution in [1.29, 1.82) is 0 Å². The van der Waals surface area contributed by atoms with Crippen molar-refractivity contribution in [3.8, 4) is 0 Å². The first-order chi connectivity index (χ1) is 6.36. The van der Waals surface area contributed by atoms with Gasteiger partial charge in [0.15, 0.2) is 0 Å². The predicted molar refractivity (Wildman–Crippen MR) is 53.7 cm³/mol. The van der Waals surface area contributed by atoms with Crippen molar-refractivity contribution >= 4 is 5.57 Å². The van der Waals surface area contributed by atoms with Gasteiger partial charge in [-0.25, -0.2) is 0 Å². The zero-order valence-corrected chi connectivity index (χ0v) is 7.40. The fraction of sp³-hybridized carbons (Fsp3) is 0.182. The Balaban J connectivity index is 2.33. The van der Waals surface area contributed by atoms with Gasteiger partial charge in [-0.1, -0.05) is 12.1 Å². The third-order valence-electron chi connectivity index (χ3n) is 2.13. The van der Waals surface area contributed by atoms with Crippen LogP contribution in [0.15, 0.2) is 42.4 Å². The topological polar surface area (TPSA) is 38.9 Å². The van der Waals surface area contributed by atoms with E-state index in [9.17, 15) is 0 Å². The largest absolute Gasteiger partial charge is 0.402 e. The molecule has 0 saturated heterocycles. The number of hydrogen-bond donors (Lipinski definition) is 1. The van der Waals surface area contributed by atoms with Crippen LogP contribution in [-0.4, -0.2) is 4.98 Å². The summed E-state index contributed by atoms with van der Waals surface area (Å²) in [6.07, 6.45) is 9.88. The van der Waals surface area contributed by atoms with E-state index in [0.717, 1.165) is 24.1 Å². The molecule has 1 aliphatic rings. The number of nitrogens with two attached hydrogens (primary N) is 1. The maximum atomic E-state index is 5.76. The molecule has 0 unspecified atom stereocenters. The highest BCUT2D eigenvalue weighted by molar-refractivity contribution is 5.74. The van der Waals surface area contributed by atoms with E-state index in [2.05, 4.69) is 11.1 Å². The Labute approximate surface area is 77.8 Å². The number of rotatable bonds is 1.